The summed E-state index contributed by atoms with van der Waals surface area (Å²) in [6.07, 6.45) is 2.14. The third-order valence-electron chi connectivity index (χ3n) is 4.46. The second-order valence-corrected chi connectivity index (χ2v) is 6.41. The first-order valence-electron chi connectivity index (χ1n) is 6.70. The van der Waals surface area contributed by atoms with Crippen LogP contribution in [0.5, 0.6) is 0 Å². The molecule has 2 fully saturated rings. The van der Waals surface area contributed by atoms with Crippen molar-refractivity contribution in [1.29, 1.82) is 0 Å². The van der Waals surface area contributed by atoms with Crippen molar-refractivity contribution in [3.63, 3.8) is 0 Å². The lowest BCUT2D eigenvalue weighted by Gasteiger charge is -2.37. The Bertz CT molecular complexity index is 519. The molecule has 3 nitrogen and oxygen atoms in total. The minimum Gasteiger partial charge on any atom is -0.481 e. The molecule has 1 heterocycles. The van der Waals surface area contributed by atoms with E-state index >= 15 is 0 Å². The zero-order valence-corrected chi connectivity index (χ0v) is 11.8. The lowest BCUT2D eigenvalue weighted by atomic mass is 9.87. The Morgan fingerprint density at radius 3 is 2.63 bits per heavy atom. The molecule has 2 aliphatic rings. The van der Waals surface area contributed by atoms with Crippen molar-refractivity contribution in [3.8, 4) is 0 Å². The van der Waals surface area contributed by atoms with Crippen LogP contribution in [0.2, 0.25) is 5.02 Å². The third kappa shape index (κ3) is 2.37. The zero-order valence-electron chi connectivity index (χ0n) is 11.0. The Morgan fingerprint density at radius 1 is 1.47 bits per heavy atom. The maximum absolute atomic E-state index is 10.9. The highest BCUT2D eigenvalue weighted by atomic mass is 35.5. The minimum atomic E-state index is -0.724. The van der Waals surface area contributed by atoms with Crippen molar-refractivity contribution < 1.29 is 9.90 Å². The van der Waals surface area contributed by atoms with E-state index in [9.17, 15) is 4.79 Å². The molecular weight excluding hydrogens is 262 g/mol. The van der Waals surface area contributed by atoms with Crippen molar-refractivity contribution in [2.24, 2.45) is 0 Å². The van der Waals surface area contributed by atoms with E-state index in [0.717, 1.165) is 36.5 Å². The zero-order chi connectivity index (χ0) is 13.6. The van der Waals surface area contributed by atoms with Crippen LogP contribution in [0.15, 0.2) is 18.2 Å². The number of likely N-dealkylation sites (tertiary alicyclic amines) is 1. The molecular formula is C15H18ClNO2. The van der Waals surface area contributed by atoms with Crippen molar-refractivity contribution in [2.75, 3.05) is 20.1 Å². The topological polar surface area (TPSA) is 40.5 Å². The maximum atomic E-state index is 10.9. The van der Waals surface area contributed by atoms with Gasteiger partial charge in [-0.2, -0.15) is 0 Å². The second kappa shape index (κ2) is 4.50. The normalized spacial score (nSPS) is 22.0. The van der Waals surface area contributed by atoms with E-state index in [1.165, 1.54) is 5.56 Å². The number of likely N-dealkylation sites (N-methyl/N-ethyl adjacent to an activating group) is 1. The molecule has 0 atom stereocenters. The van der Waals surface area contributed by atoms with Crippen molar-refractivity contribution >= 4 is 17.6 Å². The molecule has 0 aromatic heterocycles. The smallest absolute Gasteiger partial charge is 0.304 e. The van der Waals surface area contributed by atoms with E-state index in [1.807, 2.05) is 6.07 Å². The Balaban J connectivity index is 1.82. The number of rotatable bonds is 4. The molecule has 4 heteroatoms. The molecule has 0 spiro atoms. The van der Waals surface area contributed by atoms with E-state index in [2.05, 4.69) is 24.1 Å². The molecule has 102 valence electrons. The van der Waals surface area contributed by atoms with E-state index in [-0.39, 0.29) is 11.8 Å². The summed E-state index contributed by atoms with van der Waals surface area (Å²) in [6, 6.07) is 6.16. The maximum Gasteiger partial charge on any atom is 0.304 e. The SMILES string of the molecule is CN1CC(c2ccc(C3(CC(=O)O)CC3)cc2Cl)C1. The number of nitrogens with zero attached hydrogens (tertiary/aromatic N) is 1. The summed E-state index contributed by atoms with van der Waals surface area (Å²) in [5.74, 6) is -0.195. The number of hydrogen-bond donors (Lipinski definition) is 1. The second-order valence-electron chi connectivity index (χ2n) is 6.01. The molecule has 19 heavy (non-hydrogen) atoms. The molecule has 0 radical (unpaired) electrons. The summed E-state index contributed by atoms with van der Waals surface area (Å²) in [7, 11) is 2.10. The first kappa shape index (κ1) is 12.9. The number of benzene rings is 1. The quantitative estimate of drug-likeness (QED) is 0.921. The van der Waals surface area contributed by atoms with Crippen LogP contribution in [0.3, 0.4) is 0 Å². The first-order chi connectivity index (χ1) is 9.00. The van der Waals surface area contributed by atoms with Gasteiger partial charge in [-0.25, -0.2) is 0 Å². The Kier molecular flexibility index (Phi) is 3.06. The predicted molar refractivity (Wildman–Crippen MR) is 74.9 cm³/mol. The molecule has 0 amide bonds. The molecule has 1 aliphatic carbocycles. The van der Waals surface area contributed by atoms with Crippen LogP contribution in [-0.2, 0) is 10.2 Å². The van der Waals surface area contributed by atoms with Gasteiger partial charge in [-0.1, -0.05) is 23.7 Å². The van der Waals surface area contributed by atoms with Gasteiger partial charge in [0.05, 0.1) is 6.42 Å². The molecule has 1 aromatic carbocycles. The average molecular weight is 280 g/mol. The van der Waals surface area contributed by atoms with E-state index < -0.39 is 5.97 Å². The summed E-state index contributed by atoms with van der Waals surface area (Å²) in [5.41, 5.74) is 2.15. The minimum absolute atomic E-state index is 0.148. The Hall–Kier alpha value is -1.06. The Morgan fingerprint density at radius 2 is 2.16 bits per heavy atom. The van der Waals surface area contributed by atoms with Gasteiger partial charge in [0.1, 0.15) is 0 Å². The molecule has 1 N–H and O–H groups in total. The molecule has 1 saturated heterocycles. The van der Waals surface area contributed by atoms with Gasteiger partial charge in [0.25, 0.3) is 0 Å². The summed E-state index contributed by atoms with van der Waals surface area (Å²) in [5, 5.41) is 9.80. The number of aliphatic carboxylic acids is 1. The van der Waals surface area contributed by atoms with E-state index in [4.69, 9.17) is 16.7 Å². The van der Waals surface area contributed by atoms with Gasteiger partial charge in [-0.05, 0) is 37.1 Å². The molecule has 0 bridgehead atoms. The monoisotopic (exact) mass is 279 g/mol. The van der Waals surface area contributed by atoms with Crippen LogP contribution in [0, 0.1) is 0 Å². The highest BCUT2D eigenvalue weighted by Gasteiger charge is 2.46. The molecule has 1 saturated carbocycles. The molecule has 0 unspecified atom stereocenters. The van der Waals surface area contributed by atoms with Gasteiger partial charge in [0, 0.05) is 29.4 Å². The largest absolute Gasteiger partial charge is 0.481 e. The number of hydrogen-bond acceptors (Lipinski definition) is 2. The van der Waals surface area contributed by atoms with Gasteiger partial charge >= 0.3 is 5.97 Å². The fourth-order valence-corrected chi connectivity index (χ4v) is 3.43. The lowest BCUT2D eigenvalue weighted by Crippen LogP contribution is -2.41. The van der Waals surface area contributed by atoms with Gasteiger partial charge in [-0.15, -0.1) is 0 Å². The number of carbonyl (C=O) groups is 1. The number of carboxylic acid groups (broad SMARTS) is 1. The highest BCUT2D eigenvalue weighted by molar-refractivity contribution is 6.31. The number of carboxylic acids is 1. The van der Waals surface area contributed by atoms with Crippen LogP contribution in [0.1, 0.15) is 36.3 Å². The third-order valence-corrected chi connectivity index (χ3v) is 4.79. The van der Waals surface area contributed by atoms with Crippen LogP contribution >= 0.6 is 11.6 Å². The van der Waals surface area contributed by atoms with Crippen molar-refractivity contribution in [2.45, 2.75) is 30.6 Å². The fourth-order valence-electron chi connectivity index (χ4n) is 3.09. The fraction of sp³-hybridized carbons (Fsp3) is 0.533. The van der Waals surface area contributed by atoms with Crippen LogP contribution < -0.4 is 0 Å². The summed E-state index contributed by atoms with van der Waals surface area (Å²) in [4.78, 5) is 13.2. The highest BCUT2D eigenvalue weighted by Crippen LogP contribution is 2.52. The lowest BCUT2D eigenvalue weighted by molar-refractivity contribution is -0.137. The Labute approximate surface area is 118 Å². The van der Waals surface area contributed by atoms with E-state index in [0.29, 0.717) is 5.92 Å². The first-order valence-corrected chi connectivity index (χ1v) is 7.08. The van der Waals surface area contributed by atoms with Gasteiger partial charge < -0.3 is 10.0 Å². The van der Waals surface area contributed by atoms with Gasteiger partial charge in [0.2, 0.25) is 0 Å². The molecule has 1 aliphatic heterocycles. The summed E-state index contributed by atoms with van der Waals surface area (Å²) >= 11 is 6.39. The standard InChI is InChI=1S/C15H18ClNO2/c1-17-8-10(9-17)12-3-2-11(6-13(12)16)15(4-5-15)7-14(18)19/h2-3,6,10H,4-5,7-9H2,1H3,(H,18,19). The summed E-state index contributed by atoms with van der Waals surface area (Å²) < 4.78 is 0. The van der Waals surface area contributed by atoms with Gasteiger partial charge in [0.15, 0.2) is 0 Å². The van der Waals surface area contributed by atoms with Crippen LogP contribution in [0.4, 0.5) is 0 Å². The van der Waals surface area contributed by atoms with Crippen LogP contribution in [0.25, 0.3) is 0 Å². The predicted octanol–water partition coefficient (Wildman–Crippen LogP) is 2.88. The number of halogens is 1. The van der Waals surface area contributed by atoms with Gasteiger partial charge in [-0.3, -0.25) is 4.79 Å². The molecule has 3 rings (SSSR count). The van der Waals surface area contributed by atoms with E-state index in [1.54, 1.807) is 0 Å². The summed E-state index contributed by atoms with van der Waals surface area (Å²) in [6.45, 7) is 2.11. The molecule has 1 aromatic rings. The van der Waals surface area contributed by atoms with Crippen LogP contribution in [-0.4, -0.2) is 36.1 Å². The van der Waals surface area contributed by atoms with Crippen molar-refractivity contribution in [1.82, 2.24) is 4.90 Å². The van der Waals surface area contributed by atoms with Crippen molar-refractivity contribution in [3.05, 3.63) is 34.3 Å². The average Bonchev–Trinajstić information content (AvgIpc) is 3.05.